The fourth-order valence-corrected chi connectivity index (χ4v) is 2.73. The summed E-state index contributed by atoms with van der Waals surface area (Å²) in [5, 5.41) is 3.80. The first-order chi connectivity index (χ1) is 11.4. The normalized spacial score (nSPS) is 11.5. The van der Waals surface area contributed by atoms with Crippen LogP contribution in [0.4, 0.5) is 11.6 Å². The van der Waals surface area contributed by atoms with Gasteiger partial charge in [-0.25, -0.2) is 15.0 Å². The van der Waals surface area contributed by atoms with Crippen molar-refractivity contribution in [1.82, 2.24) is 19.9 Å². The Labute approximate surface area is 136 Å². The van der Waals surface area contributed by atoms with Gasteiger partial charge in [0.1, 0.15) is 0 Å². The summed E-state index contributed by atoms with van der Waals surface area (Å²) in [6.07, 6.45) is 3.95. The number of ether oxygens (including phenoxy) is 1. The minimum absolute atomic E-state index is 0.299. The zero-order chi connectivity index (χ0) is 17.2. The van der Waals surface area contributed by atoms with Crippen molar-refractivity contribution in [3.63, 3.8) is 0 Å². The summed E-state index contributed by atoms with van der Waals surface area (Å²) in [5.41, 5.74) is 1.58. The van der Waals surface area contributed by atoms with Crippen LogP contribution in [0.1, 0.15) is 5.56 Å². The molecule has 9 nitrogen and oxygen atoms in total. The smallest absolute Gasteiger partial charge is 0.330 e. The summed E-state index contributed by atoms with van der Waals surface area (Å²) < 4.78 is 16.0. The lowest BCUT2D eigenvalue weighted by atomic mass is 10.2. The predicted molar refractivity (Wildman–Crippen MR) is 87.2 cm³/mol. The molecule has 0 radical (unpaired) electrons. The van der Waals surface area contributed by atoms with E-state index in [9.17, 15) is 4.57 Å². The van der Waals surface area contributed by atoms with Crippen molar-refractivity contribution in [3.05, 3.63) is 42.4 Å². The van der Waals surface area contributed by atoms with Gasteiger partial charge in [-0.15, -0.1) is 0 Å². The number of fused-ring (bicyclic) bond motifs is 1. The Bertz CT molecular complexity index is 913. The Morgan fingerprint density at radius 2 is 1.92 bits per heavy atom. The molecule has 0 aliphatic rings. The van der Waals surface area contributed by atoms with Crippen LogP contribution in [-0.2, 0) is 10.7 Å². The second-order valence-corrected chi connectivity index (χ2v) is 6.59. The molecule has 0 aliphatic heterocycles. The Balaban J connectivity index is 1.86. The summed E-state index contributed by atoms with van der Waals surface area (Å²) in [5.74, 6) is 0.762. The number of hydrogen-bond acceptors (Lipinski definition) is 7. The molecular weight excluding hydrogens is 333 g/mol. The Morgan fingerprint density at radius 1 is 1.17 bits per heavy atom. The van der Waals surface area contributed by atoms with Gasteiger partial charge in [0.05, 0.1) is 19.0 Å². The van der Waals surface area contributed by atoms with E-state index in [1.807, 2.05) is 6.07 Å². The predicted octanol–water partition coefficient (Wildman–Crippen LogP) is 1.85. The van der Waals surface area contributed by atoms with Crippen LogP contribution in [0.3, 0.4) is 0 Å². The summed E-state index contributed by atoms with van der Waals surface area (Å²) in [6, 6.07) is 5.29. The van der Waals surface area contributed by atoms with E-state index in [4.69, 9.17) is 14.5 Å². The van der Waals surface area contributed by atoms with Gasteiger partial charge >= 0.3 is 7.60 Å². The van der Waals surface area contributed by atoms with Crippen molar-refractivity contribution in [3.8, 4) is 5.88 Å². The maximum absolute atomic E-state index is 11.0. The summed E-state index contributed by atoms with van der Waals surface area (Å²) in [4.78, 5) is 34.5. The van der Waals surface area contributed by atoms with E-state index >= 15 is 0 Å². The number of rotatable bonds is 5. The number of anilines is 2. The maximum atomic E-state index is 11.0. The quantitative estimate of drug-likeness (QED) is 0.592. The average Bonchev–Trinajstić information content (AvgIpc) is 2.55. The van der Waals surface area contributed by atoms with Crippen molar-refractivity contribution < 1.29 is 19.1 Å². The van der Waals surface area contributed by atoms with Gasteiger partial charge in [0.15, 0.2) is 5.65 Å². The van der Waals surface area contributed by atoms with E-state index in [2.05, 4.69) is 25.3 Å². The maximum Gasteiger partial charge on any atom is 0.330 e. The molecule has 3 aromatic rings. The SMILES string of the molecule is COc1ccc2c(Nc3ncc(CP(=O)(O)O)cn3)ccnc2n1. The highest BCUT2D eigenvalue weighted by Gasteiger charge is 2.14. The van der Waals surface area contributed by atoms with Gasteiger partial charge in [0.2, 0.25) is 11.8 Å². The Hall–Kier alpha value is -2.61. The third-order valence-electron chi connectivity index (χ3n) is 3.13. The molecule has 10 heteroatoms. The lowest BCUT2D eigenvalue weighted by molar-refractivity contribution is 0.371. The average molecular weight is 347 g/mol. The Morgan fingerprint density at radius 3 is 2.58 bits per heavy atom. The third-order valence-corrected chi connectivity index (χ3v) is 3.90. The van der Waals surface area contributed by atoms with E-state index in [-0.39, 0.29) is 0 Å². The minimum Gasteiger partial charge on any atom is -0.481 e. The molecule has 0 spiro atoms. The molecule has 3 N–H and O–H groups in total. The molecule has 0 saturated heterocycles. The van der Waals surface area contributed by atoms with Crippen LogP contribution in [0.25, 0.3) is 11.0 Å². The van der Waals surface area contributed by atoms with Gasteiger partial charge in [-0.1, -0.05) is 0 Å². The molecule has 0 aromatic carbocycles. The summed E-state index contributed by atoms with van der Waals surface area (Å²) in [6.45, 7) is 0. The van der Waals surface area contributed by atoms with Gasteiger partial charge in [-0.05, 0) is 12.1 Å². The van der Waals surface area contributed by atoms with E-state index < -0.39 is 13.8 Å². The highest BCUT2D eigenvalue weighted by Crippen LogP contribution is 2.38. The molecule has 0 bridgehead atoms. The van der Waals surface area contributed by atoms with Crippen LogP contribution in [0.15, 0.2) is 36.8 Å². The molecule has 0 unspecified atom stereocenters. The zero-order valence-corrected chi connectivity index (χ0v) is 13.5. The van der Waals surface area contributed by atoms with Gasteiger partial charge in [0, 0.05) is 35.6 Å². The largest absolute Gasteiger partial charge is 0.481 e. The first-order valence-electron chi connectivity index (χ1n) is 6.87. The van der Waals surface area contributed by atoms with Crippen LogP contribution in [0.5, 0.6) is 5.88 Å². The number of aromatic nitrogens is 4. The second-order valence-electron chi connectivity index (χ2n) is 4.95. The van der Waals surface area contributed by atoms with Crippen molar-refractivity contribution in [2.24, 2.45) is 0 Å². The third kappa shape index (κ3) is 3.83. The molecule has 0 amide bonds. The van der Waals surface area contributed by atoms with Crippen LogP contribution in [-0.4, -0.2) is 36.8 Å². The zero-order valence-electron chi connectivity index (χ0n) is 12.6. The summed E-state index contributed by atoms with van der Waals surface area (Å²) in [7, 11) is -2.61. The molecule has 3 aromatic heterocycles. The molecule has 0 fully saturated rings. The van der Waals surface area contributed by atoms with E-state index in [1.165, 1.54) is 19.5 Å². The minimum atomic E-state index is -4.14. The second kappa shape index (κ2) is 6.48. The molecule has 0 aliphatic carbocycles. The summed E-state index contributed by atoms with van der Waals surface area (Å²) >= 11 is 0. The lowest BCUT2D eigenvalue weighted by Gasteiger charge is -2.09. The first kappa shape index (κ1) is 16.3. The molecule has 3 heterocycles. The number of methoxy groups -OCH3 is 1. The standard InChI is InChI=1S/C14H14N5O4P/c1-23-12-3-2-10-11(4-5-15-13(10)19-12)18-14-16-6-9(7-17-14)8-24(20,21)22/h2-7H,8H2,1H3,(H2,20,21,22)(H,15,16,17,18,19). The van der Waals surface area contributed by atoms with E-state index in [0.29, 0.717) is 28.7 Å². The van der Waals surface area contributed by atoms with Crippen LogP contribution in [0, 0.1) is 0 Å². The van der Waals surface area contributed by atoms with Gasteiger partial charge in [-0.2, -0.15) is 4.98 Å². The van der Waals surface area contributed by atoms with E-state index in [1.54, 1.807) is 18.3 Å². The molecule has 3 rings (SSSR count). The van der Waals surface area contributed by atoms with Gasteiger partial charge < -0.3 is 19.8 Å². The number of nitrogens with one attached hydrogen (secondary N) is 1. The molecule has 24 heavy (non-hydrogen) atoms. The van der Waals surface area contributed by atoms with E-state index in [0.717, 1.165) is 5.39 Å². The van der Waals surface area contributed by atoms with Crippen LogP contribution < -0.4 is 10.1 Å². The van der Waals surface area contributed by atoms with Crippen LogP contribution >= 0.6 is 7.60 Å². The number of hydrogen-bond donors (Lipinski definition) is 3. The van der Waals surface area contributed by atoms with Crippen molar-refractivity contribution in [2.45, 2.75) is 6.16 Å². The highest BCUT2D eigenvalue weighted by molar-refractivity contribution is 7.50. The monoisotopic (exact) mass is 347 g/mol. The van der Waals surface area contributed by atoms with Crippen molar-refractivity contribution in [1.29, 1.82) is 0 Å². The van der Waals surface area contributed by atoms with Gasteiger partial charge in [0.25, 0.3) is 0 Å². The van der Waals surface area contributed by atoms with Crippen molar-refractivity contribution in [2.75, 3.05) is 12.4 Å². The van der Waals surface area contributed by atoms with Gasteiger partial charge in [-0.3, -0.25) is 4.57 Å². The molecular formula is C14H14N5O4P. The first-order valence-corrected chi connectivity index (χ1v) is 8.67. The van der Waals surface area contributed by atoms with Crippen LogP contribution in [0.2, 0.25) is 0 Å². The number of nitrogens with zero attached hydrogens (tertiary/aromatic N) is 4. The fraction of sp³-hybridized carbons (Fsp3) is 0.143. The fourth-order valence-electron chi connectivity index (χ4n) is 2.09. The number of pyridine rings is 2. The highest BCUT2D eigenvalue weighted by atomic mass is 31.2. The lowest BCUT2D eigenvalue weighted by Crippen LogP contribution is -2.00. The topological polar surface area (TPSA) is 130 Å². The van der Waals surface area contributed by atoms with Crippen molar-refractivity contribution >= 4 is 30.3 Å². The molecule has 124 valence electrons. The molecule has 0 atom stereocenters. The molecule has 0 saturated carbocycles. The Kier molecular flexibility index (Phi) is 4.39.